The van der Waals surface area contributed by atoms with Crippen molar-refractivity contribution >= 4 is 35.5 Å². The number of nitrogens with one attached hydrogen (secondary N) is 1. The number of hydrogen-bond donors (Lipinski definition) is 2. The van der Waals surface area contributed by atoms with Gasteiger partial charge in [0.2, 0.25) is 0 Å². The van der Waals surface area contributed by atoms with Crippen LogP contribution in [0.15, 0.2) is 17.6 Å². The molecule has 0 bridgehead atoms. The Hall–Kier alpha value is -1.44. The Bertz CT molecular complexity index is 554. The third-order valence-electron chi connectivity index (χ3n) is 2.64. The van der Waals surface area contributed by atoms with Gasteiger partial charge in [0.15, 0.2) is 0 Å². The largest absolute Gasteiger partial charge is 0.325 e. The van der Waals surface area contributed by atoms with Crippen LogP contribution in [-0.4, -0.2) is 20.7 Å². The van der Waals surface area contributed by atoms with E-state index in [9.17, 15) is 4.79 Å². The van der Waals surface area contributed by atoms with Crippen molar-refractivity contribution in [2.75, 3.05) is 5.32 Å². The molecule has 20 heavy (non-hydrogen) atoms. The van der Waals surface area contributed by atoms with Crippen LogP contribution in [0.25, 0.3) is 0 Å². The van der Waals surface area contributed by atoms with Crippen LogP contribution in [0.2, 0.25) is 0 Å². The predicted molar refractivity (Wildman–Crippen MR) is 82.3 cm³/mol. The molecular weight excluding hydrogens is 298 g/mol. The standard InChI is InChI=1S/C12H17N5OS.ClH/c1-2-3-6-17-10(4-5-14-17)16-12(18)9-8-19-11(7-13)15-9;/h4-5,8H,2-3,6-7,13H2,1H3,(H,16,18);1H. The number of rotatable bonds is 6. The monoisotopic (exact) mass is 315 g/mol. The smallest absolute Gasteiger partial charge is 0.276 e. The summed E-state index contributed by atoms with van der Waals surface area (Å²) in [5.41, 5.74) is 5.88. The quantitative estimate of drug-likeness (QED) is 0.856. The summed E-state index contributed by atoms with van der Waals surface area (Å²) in [5, 5.41) is 9.47. The molecule has 6 nitrogen and oxygen atoms in total. The summed E-state index contributed by atoms with van der Waals surface area (Å²) in [6.07, 6.45) is 3.79. The summed E-state index contributed by atoms with van der Waals surface area (Å²) in [5.74, 6) is 0.468. The Kier molecular flexibility index (Phi) is 6.63. The molecule has 0 atom stereocenters. The van der Waals surface area contributed by atoms with Gasteiger partial charge in [-0.1, -0.05) is 13.3 Å². The summed E-state index contributed by atoms with van der Waals surface area (Å²) in [4.78, 5) is 16.2. The highest BCUT2D eigenvalue weighted by molar-refractivity contribution is 7.09. The highest BCUT2D eigenvalue weighted by Gasteiger charge is 2.12. The minimum Gasteiger partial charge on any atom is -0.325 e. The fraction of sp³-hybridized carbons (Fsp3) is 0.417. The van der Waals surface area contributed by atoms with Crippen molar-refractivity contribution in [3.05, 3.63) is 28.3 Å². The number of carbonyl (C=O) groups is 1. The lowest BCUT2D eigenvalue weighted by Crippen LogP contribution is -2.16. The van der Waals surface area contributed by atoms with Crippen LogP contribution >= 0.6 is 23.7 Å². The Morgan fingerprint density at radius 2 is 2.35 bits per heavy atom. The summed E-state index contributed by atoms with van der Waals surface area (Å²) < 4.78 is 1.79. The maximum atomic E-state index is 12.0. The molecule has 8 heteroatoms. The van der Waals surface area contributed by atoms with Crippen LogP contribution < -0.4 is 11.1 Å². The first-order valence-corrected chi connectivity index (χ1v) is 7.10. The van der Waals surface area contributed by atoms with Crippen molar-refractivity contribution in [2.45, 2.75) is 32.9 Å². The van der Waals surface area contributed by atoms with Crippen molar-refractivity contribution in [1.82, 2.24) is 14.8 Å². The Balaban J connectivity index is 0.00000200. The highest BCUT2D eigenvalue weighted by atomic mass is 35.5. The molecule has 2 heterocycles. The zero-order valence-corrected chi connectivity index (χ0v) is 12.8. The molecule has 0 fully saturated rings. The number of thiazole rings is 1. The molecule has 0 saturated heterocycles. The van der Waals surface area contributed by atoms with Crippen LogP contribution in [-0.2, 0) is 13.1 Å². The molecule has 0 aromatic carbocycles. The number of nitrogens with two attached hydrogens (primary N) is 1. The van der Waals surface area contributed by atoms with E-state index >= 15 is 0 Å². The Morgan fingerprint density at radius 3 is 3.00 bits per heavy atom. The second kappa shape index (κ2) is 7.98. The minimum absolute atomic E-state index is 0. The Labute approximate surface area is 127 Å². The van der Waals surface area contributed by atoms with Crippen LogP contribution in [0, 0.1) is 0 Å². The SMILES string of the molecule is CCCCn1nccc1NC(=O)c1csc(CN)n1.Cl. The van der Waals surface area contributed by atoms with E-state index in [1.807, 2.05) is 0 Å². The number of carbonyl (C=O) groups excluding carboxylic acids is 1. The van der Waals surface area contributed by atoms with E-state index < -0.39 is 0 Å². The van der Waals surface area contributed by atoms with E-state index in [1.54, 1.807) is 22.3 Å². The van der Waals surface area contributed by atoms with Gasteiger partial charge in [0.25, 0.3) is 5.91 Å². The van der Waals surface area contributed by atoms with Gasteiger partial charge in [-0.15, -0.1) is 23.7 Å². The van der Waals surface area contributed by atoms with Crippen LogP contribution in [0.3, 0.4) is 0 Å². The first kappa shape index (κ1) is 16.6. The van der Waals surface area contributed by atoms with Crippen LogP contribution in [0.4, 0.5) is 5.82 Å². The molecule has 110 valence electrons. The van der Waals surface area contributed by atoms with Gasteiger partial charge in [0, 0.05) is 24.5 Å². The normalized spacial score (nSPS) is 10.1. The maximum Gasteiger partial charge on any atom is 0.276 e. The predicted octanol–water partition coefficient (Wildman–Crippen LogP) is 2.27. The summed E-state index contributed by atoms with van der Waals surface area (Å²) in [7, 11) is 0. The van der Waals surface area contributed by atoms with Gasteiger partial charge in [-0.05, 0) is 6.42 Å². The van der Waals surface area contributed by atoms with E-state index in [2.05, 4.69) is 22.3 Å². The molecule has 0 spiro atoms. The molecule has 1 amide bonds. The zero-order chi connectivity index (χ0) is 13.7. The molecule has 2 aromatic heterocycles. The lowest BCUT2D eigenvalue weighted by molar-refractivity contribution is 0.102. The third-order valence-corrected chi connectivity index (χ3v) is 3.51. The van der Waals surface area contributed by atoms with E-state index in [0.717, 1.165) is 24.4 Å². The van der Waals surface area contributed by atoms with Crippen molar-refractivity contribution in [3.8, 4) is 0 Å². The van der Waals surface area contributed by atoms with Crippen LogP contribution in [0.5, 0.6) is 0 Å². The van der Waals surface area contributed by atoms with Gasteiger partial charge < -0.3 is 11.1 Å². The molecule has 3 N–H and O–H groups in total. The van der Waals surface area contributed by atoms with E-state index in [0.29, 0.717) is 18.1 Å². The second-order valence-electron chi connectivity index (χ2n) is 4.08. The summed E-state index contributed by atoms with van der Waals surface area (Å²) in [6.45, 7) is 3.27. The van der Waals surface area contributed by atoms with Gasteiger partial charge >= 0.3 is 0 Å². The maximum absolute atomic E-state index is 12.0. The molecule has 0 aliphatic rings. The molecule has 0 unspecified atom stereocenters. The summed E-state index contributed by atoms with van der Waals surface area (Å²) in [6, 6.07) is 1.78. The molecule has 0 aliphatic heterocycles. The van der Waals surface area contributed by atoms with E-state index in [-0.39, 0.29) is 18.3 Å². The Morgan fingerprint density at radius 1 is 1.55 bits per heavy atom. The average Bonchev–Trinajstić information content (AvgIpc) is 3.05. The first-order chi connectivity index (χ1) is 9.24. The van der Waals surface area contributed by atoms with Gasteiger partial charge in [0.1, 0.15) is 16.5 Å². The van der Waals surface area contributed by atoms with Crippen LogP contribution in [0.1, 0.15) is 35.3 Å². The van der Waals surface area contributed by atoms with E-state index in [1.165, 1.54) is 11.3 Å². The van der Waals surface area contributed by atoms with E-state index in [4.69, 9.17) is 5.73 Å². The molecule has 0 saturated carbocycles. The number of amides is 1. The number of aryl methyl sites for hydroxylation is 1. The van der Waals surface area contributed by atoms with Crippen molar-refractivity contribution in [3.63, 3.8) is 0 Å². The number of nitrogens with zero attached hydrogens (tertiary/aromatic N) is 3. The highest BCUT2D eigenvalue weighted by Crippen LogP contribution is 2.13. The number of hydrogen-bond acceptors (Lipinski definition) is 5. The van der Waals surface area contributed by atoms with Gasteiger partial charge in [-0.25, -0.2) is 9.67 Å². The minimum atomic E-state index is -0.228. The third kappa shape index (κ3) is 4.03. The molecule has 0 radical (unpaired) electrons. The van der Waals surface area contributed by atoms with Gasteiger partial charge in [-0.3, -0.25) is 4.79 Å². The molecule has 2 aromatic rings. The average molecular weight is 316 g/mol. The lowest BCUT2D eigenvalue weighted by atomic mass is 10.3. The van der Waals surface area contributed by atoms with Crippen molar-refractivity contribution in [1.29, 1.82) is 0 Å². The number of anilines is 1. The van der Waals surface area contributed by atoms with Crippen molar-refractivity contribution in [2.24, 2.45) is 5.73 Å². The molecule has 2 rings (SSSR count). The number of aromatic nitrogens is 3. The zero-order valence-electron chi connectivity index (χ0n) is 11.2. The first-order valence-electron chi connectivity index (χ1n) is 6.22. The van der Waals surface area contributed by atoms with Gasteiger partial charge in [-0.2, -0.15) is 5.10 Å². The number of halogens is 1. The lowest BCUT2D eigenvalue weighted by Gasteiger charge is -2.07. The number of unbranched alkanes of at least 4 members (excludes halogenated alkanes) is 1. The fourth-order valence-electron chi connectivity index (χ4n) is 1.61. The second-order valence-corrected chi connectivity index (χ2v) is 5.02. The topological polar surface area (TPSA) is 85.8 Å². The summed E-state index contributed by atoms with van der Waals surface area (Å²) >= 11 is 1.39. The fourth-order valence-corrected chi connectivity index (χ4v) is 2.27. The van der Waals surface area contributed by atoms with Crippen molar-refractivity contribution < 1.29 is 4.79 Å². The molecular formula is C12H18ClN5OS. The molecule has 0 aliphatic carbocycles. The van der Waals surface area contributed by atoms with Gasteiger partial charge in [0.05, 0.1) is 6.20 Å².